The van der Waals surface area contributed by atoms with Crippen LogP contribution in [0.25, 0.3) is 11.1 Å². The van der Waals surface area contributed by atoms with E-state index < -0.39 is 17.8 Å². The third kappa shape index (κ3) is 8.19. The Kier molecular flexibility index (Phi) is 9.54. The Morgan fingerprint density at radius 2 is 1.45 bits per heavy atom. The average molecular weight is 573 g/mol. The molecule has 1 fully saturated rings. The van der Waals surface area contributed by atoms with Crippen LogP contribution in [-0.4, -0.2) is 22.0 Å². The van der Waals surface area contributed by atoms with Gasteiger partial charge < -0.3 is 15.5 Å². The molecule has 0 unspecified atom stereocenters. The van der Waals surface area contributed by atoms with Gasteiger partial charge in [0.1, 0.15) is 0 Å². The summed E-state index contributed by atoms with van der Waals surface area (Å²) < 4.78 is 38.9. The van der Waals surface area contributed by atoms with Gasteiger partial charge in [-0.25, -0.2) is 4.79 Å². The maximum Gasteiger partial charge on any atom is 0.416 e. The minimum atomic E-state index is -4.44. The molecule has 0 aliphatic heterocycles. The van der Waals surface area contributed by atoms with Gasteiger partial charge in [-0.05, 0) is 83.1 Å². The summed E-state index contributed by atoms with van der Waals surface area (Å²) in [7, 11) is 0. The molecule has 5 rings (SSSR count). The largest absolute Gasteiger partial charge is 0.416 e. The Balaban J connectivity index is 1.31. The number of carbonyl (C=O) groups is 1. The lowest BCUT2D eigenvalue weighted by molar-refractivity contribution is -0.137. The van der Waals surface area contributed by atoms with Gasteiger partial charge >= 0.3 is 12.2 Å². The zero-order chi connectivity index (χ0) is 29.4. The van der Waals surface area contributed by atoms with Crippen LogP contribution >= 0.6 is 0 Å². The molecule has 42 heavy (non-hydrogen) atoms. The second-order valence-electron chi connectivity index (χ2n) is 10.8. The Labute approximate surface area is 244 Å². The van der Waals surface area contributed by atoms with Crippen LogP contribution in [0.3, 0.4) is 0 Å². The fraction of sp³-hybridized carbons (Fsp3) is 0.294. The molecule has 1 aliphatic rings. The molecule has 0 bridgehead atoms. The van der Waals surface area contributed by atoms with E-state index in [9.17, 15) is 18.0 Å². The van der Waals surface area contributed by atoms with Gasteiger partial charge in [-0.15, -0.1) is 0 Å². The Hall–Kier alpha value is -4.17. The minimum absolute atomic E-state index is 0.285. The van der Waals surface area contributed by atoms with Crippen molar-refractivity contribution >= 4 is 11.7 Å². The second-order valence-corrected chi connectivity index (χ2v) is 10.8. The van der Waals surface area contributed by atoms with E-state index in [2.05, 4.69) is 52.0 Å². The molecule has 0 atom stereocenters. The smallest absolute Gasteiger partial charge is 0.316 e. The topological polar surface area (TPSA) is 57.3 Å². The summed E-state index contributed by atoms with van der Waals surface area (Å²) in [5, 5.41) is 6.46. The van der Waals surface area contributed by atoms with Crippen LogP contribution in [0, 0.1) is 0 Å². The number of aromatic nitrogens is 1. The van der Waals surface area contributed by atoms with Crippen molar-refractivity contribution in [2.75, 3.05) is 5.32 Å². The lowest BCUT2D eigenvalue weighted by Gasteiger charge is -2.24. The molecule has 0 saturated heterocycles. The van der Waals surface area contributed by atoms with Crippen LogP contribution in [0.4, 0.5) is 23.7 Å². The van der Waals surface area contributed by atoms with E-state index in [0.717, 1.165) is 40.9 Å². The summed E-state index contributed by atoms with van der Waals surface area (Å²) in [6.07, 6.45) is 5.33. The molecule has 1 aromatic heterocycles. The highest BCUT2D eigenvalue weighted by Crippen LogP contribution is 2.30. The van der Waals surface area contributed by atoms with E-state index in [1.807, 2.05) is 18.2 Å². The van der Waals surface area contributed by atoms with Gasteiger partial charge in [0.25, 0.3) is 0 Å². The average Bonchev–Trinajstić information content (AvgIpc) is 3.01. The highest BCUT2D eigenvalue weighted by atomic mass is 19.4. The number of halogens is 3. The number of amides is 2. The number of hydrogen-bond donors (Lipinski definition) is 2. The number of urea groups is 1. The quantitative estimate of drug-likeness (QED) is 0.212. The fourth-order valence-electron chi connectivity index (χ4n) is 5.36. The molecule has 4 aromatic rings. The van der Waals surface area contributed by atoms with Gasteiger partial charge in [-0.2, -0.15) is 13.2 Å². The molecule has 0 radical (unpaired) electrons. The summed E-state index contributed by atoms with van der Waals surface area (Å²) in [5.41, 5.74) is 4.69. The molecule has 1 saturated carbocycles. The number of benzene rings is 3. The monoisotopic (exact) mass is 572 g/mol. The van der Waals surface area contributed by atoms with Gasteiger partial charge in [-0.3, -0.25) is 4.98 Å². The molecule has 8 heteroatoms. The van der Waals surface area contributed by atoms with Crippen LogP contribution in [-0.2, 0) is 25.8 Å². The molecule has 2 amide bonds. The third-order valence-corrected chi connectivity index (χ3v) is 7.61. The molecular weight excluding hydrogens is 537 g/mol. The Morgan fingerprint density at radius 1 is 0.810 bits per heavy atom. The van der Waals surface area contributed by atoms with Crippen LogP contribution in [0.5, 0.6) is 0 Å². The molecule has 218 valence electrons. The van der Waals surface area contributed by atoms with Crippen LogP contribution in [0.2, 0.25) is 0 Å². The lowest BCUT2D eigenvalue weighted by Crippen LogP contribution is -2.34. The molecule has 5 nitrogen and oxygen atoms in total. The molecular formula is C34H35F3N4O. The Morgan fingerprint density at radius 3 is 2.12 bits per heavy atom. The van der Waals surface area contributed by atoms with Crippen molar-refractivity contribution in [3.8, 4) is 11.1 Å². The first kappa shape index (κ1) is 29.3. The number of rotatable bonds is 9. The highest BCUT2D eigenvalue weighted by Gasteiger charge is 2.30. The number of hydrogen-bond acceptors (Lipinski definition) is 3. The molecule has 1 aliphatic carbocycles. The zero-order valence-corrected chi connectivity index (χ0v) is 23.4. The van der Waals surface area contributed by atoms with Gasteiger partial charge in [-0.1, -0.05) is 61.7 Å². The number of anilines is 1. The van der Waals surface area contributed by atoms with E-state index in [-0.39, 0.29) is 12.2 Å². The second kappa shape index (κ2) is 13.7. The fourth-order valence-corrected chi connectivity index (χ4v) is 5.36. The van der Waals surface area contributed by atoms with Crippen molar-refractivity contribution in [3.63, 3.8) is 0 Å². The number of alkyl halides is 3. The van der Waals surface area contributed by atoms with E-state index in [1.165, 1.54) is 49.8 Å². The van der Waals surface area contributed by atoms with E-state index in [4.69, 9.17) is 0 Å². The van der Waals surface area contributed by atoms with E-state index in [0.29, 0.717) is 12.6 Å². The number of nitrogens with one attached hydrogen (secondary N) is 2. The van der Waals surface area contributed by atoms with Gasteiger partial charge in [0, 0.05) is 43.8 Å². The summed E-state index contributed by atoms with van der Waals surface area (Å²) >= 11 is 0. The zero-order valence-electron chi connectivity index (χ0n) is 23.4. The number of pyridine rings is 1. The molecule has 1 heterocycles. The number of nitrogens with zero attached hydrogens (tertiary/aromatic N) is 2. The van der Waals surface area contributed by atoms with Crippen LogP contribution in [0.1, 0.15) is 54.4 Å². The predicted molar refractivity (Wildman–Crippen MR) is 160 cm³/mol. The van der Waals surface area contributed by atoms with Crippen LogP contribution in [0.15, 0.2) is 97.3 Å². The summed E-state index contributed by atoms with van der Waals surface area (Å²) in [6, 6.07) is 24.9. The van der Waals surface area contributed by atoms with Crippen molar-refractivity contribution in [1.82, 2.24) is 15.2 Å². The van der Waals surface area contributed by atoms with Crippen molar-refractivity contribution < 1.29 is 18.0 Å². The van der Waals surface area contributed by atoms with Crippen molar-refractivity contribution in [1.29, 1.82) is 0 Å². The predicted octanol–water partition coefficient (Wildman–Crippen LogP) is 8.42. The van der Waals surface area contributed by atoms with Gasteiger partial charge in [0.2, 0.25) is 0 Å². The molecule has 2 N–H and O–H groups in total. The SMILES string of the molecule is O=C(Nc1ccc(C(F)(F)F)cc1)N(Cc1cccnc1)Cc1cccc(-c2cccc(CNC3CCCCC3)c2)c1. The maximum atomic E-state index is 13.4. The summed E-state index contributed by atoms with van der Waals surface area (Å²) in [4.78, 5) is 19.2. The van der Waals surface area contributed by atoms with Crippen molar-refractivity contribution in [2.24, 2.45) is 0 Å². The normalized spacial score (nSPS) is 14.0. The summed E-state index contributed by atoms with van der Waals surface area (Å²) in [6.45, 7) is 1.42. The lowest BCUT2D eigenvalue weighted by atomic mass is 9.95. The number of carbonyl (C=O) groups excluding carboxylic acids is 1. The first-order valence-corrected chi connectivity index (χ1v) is 14.4. The molecule has 3 aromatic carbocycles. The first-order valence-electron chi connectivity index (χ1n) is 14.4. The standard InChI is InChI=1S/C34H35F3N4O/c35-34(36,37)30-14-16-32(17-15-30)40-33(42)41(24-27-9-6-18-38-21-27)23-26-8-5-11-29(20-26)28-10-4-7-25(19-28)22-39-31-12-2-1-3-13-31/h4-11,14-21,31,39H,1-3,12-13,22-24H2,(H,40,42). The third-order valence-electron chi connectivity index (χ3n) is 7.61. The highest BCUT2D eigenvalue weighted by molar-refractivity contribution is 5.89. The molecule has 0 spiro atoms. The van der Waals surface area contributed by atoms with Gasteiger partial charge in [0.05, 0.1) is 5.56 Å². The maximum absolute atomic E-state index is 13.4. The van der Waals surface area contributed by atoms with E-state index >= 15 is 0 Å². The van der Waals surface area contributed by atoms with Crippen molar-refractivity contribution in [2.45, 2.75) is 64.0 Å². The van der Waals surface area contributed by atoms with Gasteiger partial charge in [0.15, 0.2) is 0 Å². The first-order chi connectivity index (χ1) is 20.3. The van der Waals surface area contributed by atoms with Crippen LogP contribution < -0.4 is 10.6 Å². The Bertz CT molecular complexity index is 1450. The van der Waals surface area contributed by atoms with Crippen molar-refractivity contribution in [3.05, 3.63) is 120 Å². The summed E-state index contributed by atoms with van der Waals surface area (Å²) in [5.74, 6) is 0. The van der Waals surface area contributed by atoms with E-state index in [1.54, 1.807) is 23.4 Å². The minimum Gasteiger partial charge on any atom is -0.316 e.